The number of rotatable bonds is 7. The molecule has 0 N–H and O–H groups in total. The summed E-state index contributed by atoms with van der Waals surface area (Å²) in [6, 6.07) is 14.5. The van der Waals surface area contributed by atoms with Crippen molar-refractivity contribution in [2.24, 2.45) is 0 Å². The van der Waals surface area contributed by atoms with Crippen LogP contribution < -0.4 is 4.74 Å². The zero-order valence-electron chi connectivity index (χ0n) is 22.3. The molecular formula is C31H29F3N2O2S. The largest absolute Gasteiger partial charge is 0.496 e. The number of fused-ring (bicyclic) bond motifs is 1. The lowest BCUT2D eigenvalue weighted by Gasteiger charge is -2.36. The topological polar surface area (TPSA) is 44.1 Å². The number of aromatic nitrogens is 2. The van der Waals surface area contributed by atoms with E-state index in [1.165, 1.54) is 30.8 Å². The predicted octanol–water partition coefficient (Wildman–Crippen LogP) is 7.74. The van der Waals surface area contributed by atoms with Crippen molar-refractivity contribution in [2.45, 2.75) is 56.4 Å². The lowest BCUT2D eigenvalue weighted by Crippen LogP contribution is -2.31. The van der Waals surface area contributed by atoms with Crippen LogP contribution in [0.4, 0.5) is 13.2 Å². The highest BCUT2D eigenvalue weighted by Crippen LogP contribution is 2.46. The Morgan fingerprint density at radius 1 is 1.08 bits per heavy atom. The molecule has 0 aliphatic heterocycles. The van der Waals surface area contributed by atoms with Crippen molar-refractivity contribution in [2.75, 3.05) is 7.11 Å². The molecule has 4 nitrogen and oxygen atoms in total. The number of thioether (sulfide) groups is 1. The Balaban J connectivity index is 1.63. The van der Waals surface area contributed by atoms with Crippen molar-refractivity contribution >= 4 is 17.5 Å². The molecule has 0 radical (unpaired) electrons. The van der Waals surface area contributed by atoms with E-state index in [4.69, 9.17) is 9.72 Å². The fourth-order valence-corrected chi connectivity index (χ4v) is 6.47. The molecule has 39 heavy (non-hydrogen) atoms. The first-order valence-corrected chi connectivity index (χ1v) is 13.8. The van der Waals surface area contributed by atoms with Crippen molar-refractivity contribution in [1.82, 2.24) is 9.55 Å². The van der Waals surface area contributed by atoms with Crippen LogP contribution in [0.3, 0.4) is 0 Å². The zero-order chi connectivity index (χ0) is 27.9. The molecule has 202 valence electrons. The van der Waals surface area contributed by atoms with Crippen molar-refractivity contribution < 1.29 is 22.7 Å². The molecule has 1 aliphatic carbocycles. The SMILES string of the molecule is COc1ccc(C2(C)CCCc3nc(SCc4c(F)cc(C(C)=O)cc4F)n(-c4ccc(F)cc4)c32)cc1C. The predicted molar refractivity (Wildman–Crippen MR) is 147 cm³/mol. The van der Waals surface area contributed by atoms with Crippen LogP contribution in [0.15, 0.2) is 59.8 Å². The maximum Gasteiger partial charge on any atom is 0.173 e. The van der Waals surface area contributed by atoms with E-state index < -0.39 is 22.8 Å². The molecule has 1 aromatic heterocycles. The van der Waals surface area contributed by atoms with Crippen molar-refractivity contribution in [3.63, 3.8) is 0 Å². The van der Waals surface area contributed by atoms with Crippen LogP contribution in [0.25, 0.3) is 5.69 Å². The number of halogens is 3. The van der Waals surface area contributed by atoms with Crippen LogP contribution in [0, 0.1) is 24.4 Å². The molecule has 0 bridgehead atoms. The molecule has 5 rings (SSSR count). The van der Waals surface area contributed by atoms with E-state index in [2.05, 4.69) is 19.1 Å². The van der Waals surface area contributed by atoms with Crippen LogP contribution in [0.1, 0.15) is 65.1 Å². The highest BCUT2D eigenvalue weighted by Gasteiger charge is 2.39. The zero-order valence-corrected chi connectivity index (χ0v) is 23.1. The highest BCUT2D eigenvalue weighted by atomic mass is 32.2. The minimum Gasteiger partial charge on any atom is -0.496 e. The maximum atomic E-state index is 14.8. The summed E-state index contributed by atoms with van der Waals surface area (Å²) in [7, 11) is 1.65. The molecule has 1 atom stereocenters. The first-order valence-electron chi connectivity index (χ1n) is 12.8. The van der Waals surface area contributed by atoms with E-state index in [1.54, 1.807) is 19.2 Å². The normalized spacial score (nSPS) is 16.7. The average Bonchev–Trinajstić information content (AvgIpc) is 3.28. The lowest BCUT2D eigenvalue weighted by molar-refractivity contribution is 0.101. The van der Waals surface area contributed by atoms with E-state index in [9.17, 15) is 18.0 Å². The fourth-order valence-electron chi connectivity index (χ4n) is 5.42. The molecule has 3 aromatic carbocycles. The fraction of sp³-hybridized carbons (Fsp3) is 0.290. The lowest BCUT2D eigenvalue weighted by atomic mass is 9.71. The summed E-state index contributed by atoms with van der Waals surface area (Å²) in [6.45, 7) is 5.46. The summed E-state index contributed by atoms with van der Waals surface area (Å²) in [5.74, 6) is -1.51. The van der Waals surface area contributed by atoms with E-state index >= 15 is 0 Å². The molecular weight excluding hydrogens is 521 g/mol. The number of imidazole rings is 1. The van der Waals surface area contributed by atoms with Gasteiger partial charge in [0.2, 0.25) is 0 Å². The summed E-state index contributed by atoms with van der Waals surface area (Å²) < 4.78 is 51.0. The first-order chi connectivity index (χ1) is 18.6. The third kappa shape index (κ3) is 4.98. The Kier molecular flexibility index (Phi) is 7.33. The van der Waals surface area contributed by atoms with Gasteiger partial charge in [-0.25, -0.2) is 18.2 Å². The van der Waals surface area contributed by atoms with Gasteiger partial charge < -0.3 is 4.74 Å². The van der Waals surface area contributed by atoms with Crippen LogP contribution in [0.2, 0.25) is 0 Å². The van der Waals surface area contributed by atoms with E-state index in [0.717, 1.165) is 65.3 Å². The number of Topliss-reactive ketones (excluding diaryl/α,β-unsaturated/α-hetero) is 1. The summed E-state index contributed by atoms with van der Waals surface area (Å²) in [4.78, 5) is 16.6. The Hall–Kier alpha value is -3.52. The molecule has 0 saturated heterocycles. The summed E-state index contributed by atoms with van der Waals surface area (Å²) >= 11 is 1.21. The maximum absolute atomic E-state index is 14.8. The minimum absolute atomic E-state index is 0.00687. The monoisotopic (exact) mass is 550 g/mol. The number of ether oxygens (including phenoxy) is 1. The quantitative estimate of drug-likeness (QED) is 0.174. The van der Waals surface area contributed by atoms with E-state index in [0.29, 0.717) is 5.16 Å². The van der Waals surface area contributed by atoms with Gasteiger partial charge in [0.1, 0.15) is 23.2 Å². The van der Waals surface area contributed by atoms with Crippen LogP contribution in [-0.4, -0.2) is 22.4 Å². The van der Waals surface area contributed by atoms with Gasteiger partial charge in [-0.2, -0.15) is 0 Å². The number of carbonyl (C=O) groups excluding carboxylic acids is 1. The van der Waals surface area contributed by atoms with Gasteiger partial charge in [0.05, 0.1) is 18.5 Å². The number of carbonyl (C=O) groups is 1. The van der Waals surface area contributed by atoms with Gasteiger partial charge in [-0.05, 0) is 93.6 Å². The van der Waals surface area contributed by atoms with Gasteiger partial charge in [-0.3, -0.25) is 9.36 Å². The van der Waals surface area contributed by atoms with Gasteiger partial charge in [-0.1, -0.05) is 23.9 Å². The molecule has 4 aromatic rings. The second kappa shape index (κ2) is 10.6. The number of ketones is 1. The smallest absolute Gasteiger partial charge is 0.173 e. The molecule has 8 heteroatoms. The summed E-state index contributed by atoms with van der Waals surface area (Å²) in [6.07, 6.45) is 2.56. The molecule has 0 amide bonds. The Morgan fingerprint density at radius 2 is 1.77 bits per heavy atom. The average molecular weight is 551 g/mol. The molecule has 0 saturated carbocycles. The Morgan fingerprint density at radius 3 is 2.38 bits per heavy atom. The number of hydrogen-bond acceptors (Lipinski definition) is 4. The Labute approximate surface area is 230 Å². The van der Waals surface area contributed by atoms with Crippen molar-refractivity contribution in [1.29, 1.82) is 0 Å². The van der Waals surface area contributed by atoms with Gasteiger partial charge in [-0.15, -0.1) is 0 Å². The number of methoxy groups -OCH3 is 1. The van der Waals surface area contributed by atoms with Crippen LogP contribution in [-0.2, 0) is 17.6 Å². The summed E-state index contributed by atoms with van der Waals surface area (Å²) in [5.41, 5.74) is 4.21. The number of nitrogens with zero attached hydrogens (tertiary/aromatic N) is 2. The van der Waals surface area contributed by atoms with Gasteiger partial charge >= 0.3 is 0 Å². The molecule has 1 unspecified atom stereocenters. The second-order valence-electron chi connectivity index (χ2n) is 10.1. The number of aryl methyl sites for hydroxylation is 2. The highest BCUT2D eigenvalue weighted by molar-refractivity contribution is 7.98. The van der Waals surface area contributed by atoms with E-state index in [1.807, 2.05) is 17.6 Å². The van der Waals surface area contributed by atoms with Crippen LogP contribution in [0.5, 0.6) is 5.75 Å². The third-order valence-corrected chi connectivity index (χ3v) is 8.51. The van der Waals surface area contributed by atoms with Crippen LogP contribution >= 0.6 is 11.8 Å². The molecule has 1 heterocycles. The van der Waals surface area contributed by atoms with Crippen molar-refractivity contribution in [3.8, 4) is 11.4 Å². The van der Waals surface area contributed by atoms with Gasteiger partial charge in [0.15, 0.2) is 10.9 Å². The number of hydrogen-bond donors (Lipinski definition) is 0. The van der Waals surface area contributed by atoms with E-state index in [-0.39, 0.29) is 22.7 Å². The second-order valence-corrected chi connectivity index (χ2v) is 11.1. The number of benzene rings is 3. The summed E-state index contributed by atoms with van der Waals surface area (Å²) in [5, 5.41) is 0.569. The Bertz CT molecular complexity index is 1540. The van der Waals surface area contributed by atoms with Crippen molar-refractivity contribution in [3.05, 3.63) is 106 Å². The molecule has 0 spiro atoms. The van der Waals surface area contributed by atoms with Gasteiger partial charge in [0.25, 0.3) is 0 Å². The van der Waals surface area contributed by atoms with Gasteiger partial charge in [0, 0.05) is 28.0 Å². The minimum atomic E-state index is -0.768. The third-order valence-electron chi connectivity index (χ3n) is 7.54. The molecule has 0 fully saturated rings. The molecule has 1 aliphatic rings. The standard InChI is InChI=1S/C31H29F3N2O2S/c1-18-14-21(7-12-28(18)38-4)31(3)13-5-6-27-29(31)36(23-10-8-22(32)9-11-23)30(35-27)39-17-24-25(33)15-20(19(2)37)16-26(24)34/h7-12,14-16H,5-6,13,17H2,1-4H3. The first kappa shape index (κ1) is 27.1.